The molecule has 3 aromatic rings. The van der Waals surface area contributed by atoms with Gasteiger partial charge in [-0.3, -0.25) is 9.58 Å². The second-order valence-electron chi connectivity index (χ2n) is 8.55. The molecule has 0 atom stereocenters. The van der Waals surface area contributed by atoms with Gasteiger partial charge in [0.1, 0.15) is 5.65 Å². The lowest BCUT2D eigenvalue weighted by Gasteiger charge is -2.26. The van der Waals surface area contributed by atoms with Crippen LogP contribution < -0.4 is 10.6 Å². The van der Waals surface area contributed by atoms with Gasteiger partial charge in [0.2, 0.25) is 5.95 Å². The summed E-state index contributed by atoms with van der Waals surface area (Å²) in [6, 6.07) is 1.95. The number of hydrogen-bond donors (Lipinski definition) is 3. The average molecular weight is 471 g/mol. The Kier molecular flexibility index (Phi) is 8.69. The number of nitrogens with one attached hydrogen (secondary N) is 2. The highest BCUT2D eigenvalue weighted by molar-refractivity contribution is 5.76. The number of carboxylic acid groups (broad SMARTS) is 1. The summed E-state index contributed by atoms with van der Waals surface area (Å²) in [5.41, 5.74) is 1.64. The Morgan fingerprint density at radius 2 is 1.88 bits per heavy atom. The number of aromatic nitrogens is 5. The number of carbonyl (C=O) groups is 1. The summed E-state index contributed by atoms with van der Waals surface area (Å²) >= 11 is 0. The fraction of sp³-hybridized carbons (Fsp3) is 0.565. The molecule has 3 N–H and O–H groups in total. The van der Waals surface area contributed by atoms with Crippen LogP contribution in [0.3, 0.4) is 0 Å². The van der Waals surface area contributed by atoms with Gasteiger partial charge in [0.05, 0.1) is 31.6 Å². The zero-order chi connectivity index (χ0) is 23.6. The molecule has 0 bridgehead atoms. The minimum atomic E-state index is -1.01. The van der Waals surface area contributed by atoms with Crippen LogP contribution >= 0.6 is 0 Å². The Hall–Kier alpha value is -3.18. The van der Waals surface area contributed by atoms with Crippen molar-refractivity contribution >= 4 is 28.8 Å². The number of ether oxygens (including phenoxy) is 1. The zero-order valence-electron chi connectivity index (χ0n) is 19.5. The van der Waals surface area contributed by atoms with Crippen LogP contribution in [0.5, 0.6) is 0 Å². The van der Waals surface area contributed by atoms with Gasteiger partial charge in [-0.1, -0.05) is 25.7 Å². The Balaban J connectivity index is 0.000000620. The Morgan fingerprint density at radius 1 is 1.09 bits per heavy atom. The third-order valence-corrected chi connectivity index (χ3v) is 5.99. The third kappa shape index (κ3) is 7.16. The Labute approximate surface area is 199 Å². The molecule has 0 spiro atoms. The van der Waals surface area contributed by atoms with Crippen molar-refractivity contribution in [1.82, 2.24) is 34.5 Å². The molecular weight excluding hydrogens is 436 g/mol. The number of anilines is 2. The molecular formula is C23H34N8O3. The molecule has 184 valence electrons. The Bertz CT molecular complexity index is 1040. The van der Waals surface area contributed by atoms with Crippen LogP contribution in [0.2, 0.25) is 0 Å². The number of nitrogens with zero attached hydrogens (tertiary/aromatic N) is 6. The molecule has 1 aliphatic carbocycles. The first kappa shape index (κ1) is 24.0. The summed E-state index contributed by atoms with van der Waals surface area (Å²) in [5, 5.41) is 19.6. The molecule has 5 rings (SSSR count). The number of amides is 1. The fourth-order valence-corrected chi connectivity index (χ4v) is 3.65. The number of hydrogen-bond acceptors (Lipinski definition) is 7. The molecule has 0 aromatic carbocycles. The number of morpholine rings is 1. The lowest BCUT2D eigenvalue weighted by molar-refractivity contribution is 0.0360. The van der Waals surface area contributed by atoms with E-state index in [1.807, 2.05) is 27.7 Å². The van der Waals surface area contributed by atoms with E-state index in [0.717, 1.165) is 56.1 Å². The van der Waals surface area contributed by atoms with Crippen molar-refractivity contribution in [3.63, 3.8) is 0 Å². The summed E-state index contributed by atoms with van der Waals surface area (Å²) < 4.78 is 9.28. The Morgan fingerprint density at radius 3 is 2.62 bits per heavy atom. The van der Waals surface area contributed by atoms with Gasteiger partial charge >= 0.3 is 6.09 Å². The van der Waals surface area contributed by atoms with Crippen molar-refractivity contribution in [1.29, 1.82) is 0 Å². The molecule has 1 aliphatic heterocycles. The molecule has 4 heterocycles. The monoisotopic (exact) mass is 470 g/mol. The van der Waals surface area contributed by atoms with E-state index in [4.69, 9.17) is 9.84 Å². The summed E-state index contributed by atoms with van der Waals surface area (Å²) in [5.74, 6) is 0.499. The first-order chi connectivity index (χ1) is 16.7. The predicted octanol–water partition coefficient (Wildman–Crippen LogP) is 2.92. The zero-order valence-corrected chi connectivity index (χ0v) is 19.5. The van der Waals surface area contributed by atoms with Crippen molar-refractivity contribution in [2.45, 2.75) is 45.2 Å². The van der Waals surface area contributed by atoms with Crippen LogP contribution in [0, 0.1) is 0 Å². The van der Waals surface area contributed by atoms with Gasteiger partial charge in [0.25, 0.3) is 0 Å². The fourth-order valence-electron chi connectivity index (χ4n) is 3.65. The maximum absolute atomic E-state index is 10.6. The standard InChI is InChI=1S/C19H26N8O3.C4H8/c28-19(29)20-3-1-4-26-5-2-15-12-21-18(24-17(15)26)23-16-13-22-27(14-16)7-6-25-8-10-30-11-9-25;1-2-4-3-1/h2,5,12-14,20H,1,3-4,6-11H2,(H,28,29)(H,21,23,24);1-4H2. The molecule has 11 heteroatoms. The van der Waals surface area contributed by atoms with E-state index < -0.39 is 6.09 Å². The minimum absolute atomic E-state index is 0.398. The van der Waals surface area contributed by atoms with E-state index >= 15 is 0 Å². The molecule has 1 saturated carbocycles. The molecule has 11 nitrogen and oxygen atoms in total. The maximum atomic E-state index is 10.6. The van der Waals surface area contributed by atoms with Gasteiger partial charge in [-0.25, -0.2) is 9.78 Å². The number of aryl methyl sites for hydroxylation is 1. The van der Waals surface area contributed by atoms with Crippen molar-refractivity contribution < 1.29 is 14.6 Å². The van der Waals surface area contributed by atoms with Gasteiger partial charge in [0, 0.05) is 56.7 Å². The quantitative estimate of drug-likeness (QED) is 0.408. The van der Waals surface area contributed by atoms with E-state index in [0.29, 0.717) is 25.5 Å². The summed E-state index contributed by atoms with van der Waals surface area (Å²) in [6.07, 6.45) is 13.1. The number of fused-ring (bicyclic) bond motifs is 1. The largest absolute Gasteiger partial charge is 0.465 e. The van der Waals surface area contributed by atoms with Gasteiger partial charge in [-0.2, -0.15) is 10.1 Å². The lowest BCUT2D eigenvalue weighted by atomic mass is 10.0. The summed E-state index contributed by atoms with van der Waals surface area (Å²) in [4.78, 5) is 21.9. The molecule has 3 aromatic heterocycles. The highest BCUT2D eigenvalue weighted by Crippen LogP contribution is 2.18. The molecule has 0 unspecified atom stereocenters. The van der Waals surface area contributed by atoms with Gasteiger partial charge in [-0.15, -0.1) is 0 Å². The second-order valence-corrected chi connectivity index (χ2v) is 8.55. The van der Waals surface area contributed by atoms with Crippen LogP contribution in [0.1, 0.15) is 32.1 Å². The second kappa shape index (κ2) is 12.3. The summed E-state index contributed by atoms with van der Waals surface area (Å²) in [7, 11) is 0. The van der Waals surface area contributed by atoms with Crippen molar-refractivity contribution in [3.05, 3.63) is 30.9 Å². The lowest BCUT2D eigenvalue weighted by Crippen LogP contribution is -2.38. The maximum Gasteiger partial charge on any atom is 0.404 e. The number of rotatable bonds is 9. The van der Waals surface area contributed by atoms with E-state index in [1.54, 1.807) is 12.4 Å². The van der Waals surface area contributed by atoms with Crippen LogP contribution in [-0.2, 0) is 17.8 Å². The first-order valence-electron chi connectivity index (χ1n) is 12.1. The molecule has 2 fully saturated rings. The first-order valence-corrected chi connectivity index (χ1v) is 12.1. The van der Waals surface area contributed by atoms with Crippen LogP contribution in [0.15, 0.2) is 30.9 Å². The van der Waals surface area contributed by atoms with E-state index in [2.05, 4.69) is 30.6 Å². The van der Waals surface area contributed by atoms with Gasteiger partial charge in [-0.05, 0) is 12.5 Å². The van der Waals surface area contributed by atoms with E-state index in [-0.39, 0.29) is 0 Å². The third-order valence-electron chi connectivity index (χ3n) is 5.99. The van der Waals surface area contributed by atoms with E-state index in [9.17, 15) is 4.79 Å². The summed E-state index contributed by atoms with van der Waals surface area (Å²) in [6.45, 7) is 6.34. The smallest absolute Gasteiger partial charge is 0.404 e. The van der Waals surface area contributed by atoms with Crippen LogP contribution in [0.25, 0.3) is 11.0 Å². The van der Waals surface area contributed by atoms with Gasteiger partial charge in [0.15, 0.2) is 0 Å². The molecule has 0 radical (unpaired) electrons. The topological polar surface area (TPSA) is 122 Å². The average Bonchev–Trinajstić information content (AvgIpc) is 3.41. The normalized spacial score (nSPS) is 15.9. The van der Waals surface area contributed by atoms with Crippen molar-refractivity contribution in [3.8, 4) is 0 Å². The highest BCUT2D eigenvalue weighted by Gasteiger charge is 2.11. The SMILES string of the molecule is C1CCC1.O=C(O)NCCCn1ccc2cnc(Nc3cnn(CCN4CCOCC4)c3)nc21. The van der Waals surface area contributed by atoms with Crippen molar-refractivity contribution in [2.24, 2.45) is 0 Å². The van der Waals surface area contributed by atoms with Crippen LogP contribution in [-0.4, -0.2) is 79.8 Å². The van der Waals surface area contributed by atoms with Gasteiger partial charge < -0.3 is 25.0 Å². The molecule has 2 aliphatic rings. The van der Waals surface area contributed by atoms with Crippen molar-refractivity contribution in [2.75, 3.05) is 44.7 Å². The predicted molar refractivity (Wildman–Crippen MR) is 129 cm³/mol. The molecule has 34 heavy (non-hydrogen) atoms. The van der Waals surface area contributed by atoms with Crippen LogP contribution in [0.4, 0.5) is 16.4 Å². The minimum Gasteiger partial charge on any atom is -0.465 e. The molecule has 1 saturated heterocycles. The molecule has 1 amide bonds. The highest BCUT2D eigenvalue weighted by atomic mass is 16.5. The van der Waals surface area contributed by atoms with E-state index in [1.165, 1.54) is 25.7 Å².